The van der Waals surface area contributed by atoms with E-state index < -0.39 is 11.6 Å². The largest absolute Gasteiger partial charge is 0.285 e. The van der Waals surface area contributed by atoms with E-state index in [0.717, 1.165) is 25.7 Å². The molecule has 0 aromatic heterocycles. The van der Waals surface area contributed by atoms with Gasteiger partial charge in [-0.05, 0) is 24.0 Å². The van der Waals surface area contributed by atoms with Crippen LogP contribution >= 0.6 is 0 Å². The number of rotatable bonds is 7. The van der Waals surface area contributed by atoms with Gasteiger partial charge >= 0.3 is 0 Å². The smallest absolute Gasteiger partial charge is 0.233 e. The summed E-state index contributed by atoms with van der Waals surface area (Å²) in [5.41, 5.74) is 3.30. The molecular formula is C20H22O2. The van der Waals surface area contributed by atoms with Crippen molar-refractivity contribution in [2.24, 2.45) is 0 Å². The van der Waals surface area contributed by atoms with Gasteiger partial charge in [0.05, 0.1) is 0 Å². The lowest BCUT2D eigenvalue weighted by Crippen LogP contribution is -2.14. The van der Waals surface area contributed by atoms with Gasteiger partial charge in [-0.2, -0.15) is 0 Å². The lowest BCUT2D eigenvalue weighted by molar-refractivity contribution is 0.0817. The van der Waals surface area contributed by atoms with Gasteiger partial charge in [-0.3, -0.25) is 9.59 Å². The summed E-state index contributed by atoms with van der Waals surface area (Å²) in [6.45, 7) is 4.23. The summed E-state index contributed by atoms with van der Waals surface area (Å²) < 4.78 is 0. The third-order valence-electron chi connectivity index (χ3n) is 3.72. The van der Waals surface area contributed by atoms with Crippen LogP contribution in [-0.4, -0.2) is 11.6 Å². The van der Waals surface area contributed by atoms with E-state index >= 15 is 0 Å². The van der Waals surface area contributed by atoms with Crippen molar-refractivity contribution in [3.05, 3.63) is 70.8 Å². The first-order valence-electron chi connectivity index (χ1n) is 7.92. The van der Waals surface area contributed by atoms with Crippen LogP contribution in [0, 0.1) is 0 Å². The fourth-order valence-corrected chi connectivity index (χ4v) is 2.49. The Balaban J connectivity index is 2.12. The second kappa shape index (κ2) is 7.69. The first kappa shape index (κ1) is 16.2. The average Bonchev–Trinajstić information content (AvgIpc) is 2.55. The zero-order chi connectivity index (χ0) is 15.9. The van der Waals surface area contributed by atoms with Gasteiger partial charge < -0.3 is 0 Å². The molecule has 0 heterocycles. The van der Waals surface area contributed by atoms with Crippen LogP contribution in [0.25, 0.3) is 0 Å². The van der Waals surface area contributed by atoms with E-state index in [9.17, 15) is 9.59 Å². The zero-order valence-corrected chi connectivity index (χ0v) is 13.3. The summed E-state index contributed by atoms with van der Waals surface area (Å²) in [5.74, 6) is -0.877. The first-order chi connectivity index (χ1) is 10.7. The Bertz CT molecular complexity index is 577. The number of hydrogen-bond acceptors (Lipinski definition) is 2. The van der Waals surface area contributed by atoms with E-state index in [0.29, 0.717) is 11.1 Å². The molecule has 0 amide bonds. The van der Waals surface area contributed by atoms with Crippen molar-refractivity contribution in [2.75, 3.05) is 0 Å². The second-order valence-electron chi connectivity index (χ2n) is 5.55. The van der Waals surface area contributed by atoms with Gasteiger partial charge in [-0.25, -0.2) is 0 Å². The van der Waals surface area contributed by atoms with Crippen molar-refractivity contribution < 1.29 is 9.59 Å². The SMILES string of the molecule is CCCc1ccc(C(=O)C(=O)c2ccc(CCC)cc2)cc1. The Kier molecular flexibility index (Phi) is 5.65. The molecule has 0 atom stereocenters. The third-order valence-corrected chi connectivity index (χ3v) is 3.72. The van der Waals surface area contributed by atoms with Gasteiger partial charge in [0.2, 0.25) is 11.6 Å². The van der Waals surface area contributed by atoms with Crippen molar-refractivity contribution in [2.45, 2.75) is 39.5 Å². The number of carbonyl (C=O) groups excluding carboxylic acids is 2. The van der Waals surface area contributed by atoms with Crippen LogP contribution in [-0.2, 0) is 12.8 Å². The van der Waals surface area contributed by atoms with E-state index in [1.807, 2.05) is 24.3 Å². The van der Waals surface area contributed by atoms with Crippen molar-refractivity contribution in [1.82, 2.24) is 0 Å². The Morgan fingerprint density at radius 2 is 0.955 bits per heavy atom. The van der Waals surface area contributed by atoms with E-state index in [4.69, 9.17) is 0 Å². The Hall–Kier alpha value is -2.22. The minimum Gasteiger partial charge on any atom is -0.285 e. The number of carbonyl (C=O) groups is 2. The van der Waals surface area contributed by atoms with Gasteiger partial charge in [-0.1, -0.05) is 75.2 Å². The predicted molar refractivity (Wildman–Crippen MR) is 89.5 cm³/mol. The lowest BCUT2D eigenvalue weighted by Gasteiger charge is -2.04. The topological polar surface area (TPSA) is 34.1 Å². The van der Waals surface area contributed by atoms with Crippen LogP contribution in [0.5, 0.6) is 0 Å². The monoisotopic (exact) mass is 294 g/mol. The molecule has 2 nitrogen and oxygen atoms in total. The molecule has 0 saturated heterocycles. The molecule has 0 unspecified atom stereocenters. The molecule has 0 aliphatic carbocycles. The number of Topliss-reactive ketones (excluding diaryl/α,β-unsaturated/α-hetero) is 2. The molecule has 114 valence electrons. The summed E-state index contributed by atoms with van der Waals surface area (Å²) in [6, 6.07) is 14.7. The maximum Gasteiger partial charge on any atom is 0.233 e. The highest BCUT2D eigenvalue weighted by Gasteiger charge is 2.18. The maximum absolute atomic E-state index is 12.3. The molecule has 22 heavy (non-hydrogen) atoms. The molecular weight excluding hydrogens is 272 g/mol. The lowest BCUT2D eigenvalue weighted by atomic mass is 9.98. The maximum atomic E-state index is 12.3. The molecule has 2 rings (SSSR count). The zero-order valence-electron chi connectivity index (χ0n) is 13.3. The summed E-state index contributed by atoms with van der Waals surface area (Å²) in [6.07, 6.45) is 4.11. The summed E-state index contributed by atoms with van der Waals surface area (Å²) in [7, 11) is 0. The van der Waals surface area contributed by atoms with E-state index in [1.54, 1.807) is 24.3 Å². The molecule has 0 N–H and O–H groups in total. The fourth-order valence-electron chi connectivity index (χ4n) is 2.49. The van der Waals surface area contributed by atoms with Crippen LogP contribution in [0.15, 0.2) is 48.5 Å². The van der Waals surface area contributed by atoms with Crippen molar-refractivity contribution in [3.8, 4) is 0 Å². The van der Waals surface area contributed by atoms with Crippen molar-refractivity contribution >= 4 is 11.6 Å². The van der Waals surface area contributed by atoms with Gasteiger partial charge in [-0.15, -0.1) is 0 Å². The Morgan fingerprint density at radius 1 is 0.636 bits per heavy atom. The molecule has 2 aromatic rings. The number of hydrogen-bond donors (Lipinski definition) is 0. The normalized spacial score (nSPS) is 10.5. The first-order valence-corrected chi connectivity index (χ1v) is 7.92. The summed E-state index contributed by atoms with van der Waals surface area (Å²) in [5, 5.41) is 0. The van der Waals surface area contributed by atoms with Crippen LogP contribution < -0.4 is 0 Å². The summed E-state index contributed by atoms with van der Waals surface area (Å²) in [4.78, 5) is 24.6. The third kappa shape index (κ3) is 3.91. The van der Waals surface area contributed by atoms with Crippen LogP contribution in [0.4, 0.5) is 0 Å². The second-order valence-corrected chi connectivity index (χ2v) is 5.55. The molecule has 0 bridgehead atoms. The molecule has 0 aliphatic heterocycles. The van der Waals surface area contributed by atoms with Gasteiger partial charge in [0, 0.05) is 11.1 Å². The highest BCUT2D eigenvalue weighted by atomic mass is 16.2. The van der Waals surface area contributed by atoms with E-state index in [2.05, 4.69) is 13.8 Å². The quantitative estimate of drug-likeness (QED) is 0.550. The highest BCUT2D eigenvalue weighted by molar-refractivity contribution is 6.49. The molecule has 0 saturated carbocycles. The molecule has 0 aliphatic rings. The van der Waals surface area contributed by atoms with Gasteiger partial charge in [0.1, 0.15) is 0 Å². The molecule has 0 spiro atoms. The highest BCUT2D eigenvalue weighted by Crippen LogP contribution is 2.12. The Labute approximate surface area is 132 Å². The van der Waals surface area contributed by atoms with Crippen molar-refractivity contribution in [1.29, 1.82) is 0 Å². The molecule has 0 fully saturated rings. The fraction of sp³-hybridized carbons (Fsp3) is 0.300. The van der Waals surface area contributed by atoms with Crippen molar-refractivity contribution in [3.63, 3.8) is 0 Å². The van der Waals surface area contributed by atoms with E-state index in [1.165, 1.54) is 11.1 Å². The van der Waals surface area contributed by atoms with Crippen LogP contribution in [0.1, 0.15) is 58.5 Å². The average molecular weight is 294 g/mol. The van der Waals surface area contributed by atoms with Gasteiger partial charge in [0.25, 0.3) is 0 Å². The molecule has 2 aromatic carbocycles. The minimum atomic E-state index is -0.439. The van der Waals surface area contributed by atoms with Crippen LogP contribution in [0.2, 0.25) is 0 Å². The predicted octanol–water partition coefficient (Wildman–Crippen LogP) is 4.66. The van der Waals surface area contributed by atoms with Gasteiger partial charge in [0.15, 0.2) is 0 Å². The minimum absolute atomic E-state index is 0.439. The standard InChI is InChI=1S/C20H22O2/c1-3-5-15-7-11-17(12-8-15)19(21)20(22)18-13-9-16(6-4-2)10-14-18/h7-14H,3-6H2,1-2H3. The Morgan fingerprint density at radius 3 is 1.23 bits per heavy atom. The molecule has 2 heteroatoms. The number of ketones is 2. The van der Waals surface area contributed by atoms with Crippen LogP contribution in [0.3, 0.4) is 0 Å². The number of aryl methyl sites for hydroxylation is 2. The molecule has 0 radical (unpaired) electrons. The van der Waals surface area contributed by atoms with E-state index in [-0.39, 0.29) is 0 Å². The summed E-state index contributed by atoms with van der Waals surface area (Å²) >= 11 is 0. The number of benzene rings is 2.